The maximum Gasteiger partial charge on any atom is 0.389 e. The fourth-order valence-corrected chi connectivity index (χ4v) is 2.46. The third-order valence-corrected chi connectivity index (χ3v) is 3.54. The number of para-hydroxylation sites is 1. The fourth-order valence-electron chi connectivity index (χ4n) is 2.46. The lowest BCUT2D eigenvalue weighted by molar-refractivity contribution is -0.141. The quantitative estimate of drug-likeness (QED) is 0.796. The van der Waals surface area contributed by atoms with Gasteiger partial charge >= 0.3 is 6.18 Å². The molecule has 0 N–H and O–H groups in total. The number of benzene rings is 1. The summed E-state index contributed by atoms with van der Waals surface area (Å²) >= 11 is 0. The van der Waals surface area contributed by atoms with Gasteiger partial charge in [0.1, 0.15) is 0 Å². The summed E-state index contributed by atoms with van der Waals surface area (Å²) in [7, 11) is 1.60. The van der Waals surface area contributed by atoms with E-state index < -0.39 is 18.0 Å². The highest BCUT2D eigenvalue weighted by molar-refractivity contribution is 6.07. The van der Waals surface area contributed by atoms with Crippen molar-refractivity contribution in [2.45, 2.75) is 31.4 Å². The molecule has 1 heterocycles. The number of alkyl halides is 3. The van der Waals surface area contributed by atoms with E-state index in [4.69, 9.17) is 0 Å². The number of likely N-dealkylation sites (N-methyl/N-ethyl adjacent to an activating group) is 1. The van der Waals surface area contributed by atoms with Crippen molar-refractivity contribution in [3.63, 3.8) is 0 Å². The molecule has 1 aromatic carbocycles. The van der Waals surface area contributed by atoms with Crippen molar-refractivity contribution in [1.29, 1.82) is 0 Å². The molecule has 1 atom stereocenters. The van der Waals surface area contributed by atoms with Gasteiger partial charge in [-0.15, -0.1) is 0 Å². The Hall–Kier alpha value is -1.52. The minimum Gasteiger partial charge on any atom is -0.314 e. The lowest BCUT2D eigenvalue weighted by Gasteiger charge is -2.23. The number of amides is 1. The Labute approximate surface area is 103 Å². The first-order valence-corrected chi connectivity index (χ1v) is 5.70. The van der Waals surface area contributed by atoms with Crippen LogP contribution in [0.15, 0.2) is 24.3 Å². The average molecular weight is 257 g/mol. The first-order chi connectivity index (χ1) is 8.26. The largest absolute Gasteiger partial charge is 0.389 e. The first-order valence-electron chi connectivity index (χ1n) is 5.70. The van der Waals surface area contributed by atoms with Gasteiger partial charge in [0, 0.05) is 19.2 Å². The van der Waals surface area contributed by atoms with Crippen LogP contribution in [0.1, 0.15) is 25.3 Å². The lowest BCUT2D eigenvalue weighted by atomic mass is 9.79. The molecular formula is C13H14F3NO. The van der Waals surface area contributed by atoms with Gasteiger partial charge in [0.2, 0.25) is 5.91 Å². The van der Waals surface area contributed by atoms with Crippen molar-refractivity contribution >= 4 is 11.6 Å². The first kappa shape index (κ1) is 12.9. The van der Waals surface area contributed by atoms with E-state index in [0.29, 0.717) is 11.3 Å². The van der Waals surface area contributed by atoms with E-state index in [1.807, 2.05) is 0 Å². The molecule has 0 saturated heterocycles. The molecule has 5 heteroatoms. The van der Waals surface area contributed by atoms with Gasteiger partial charge in [0.25, 0.3) is 0 Å². The number of halogens is 3. The summed E-state index contributed by atoms with van der Waals surface area (Å²) in [5.41, 5.74) is 0.315. The molecule has 0 bridgehead atoms. The number of hydrogen-bond acceptors (Lipinski definition) is 1. The molecule has 1 amide bonds. The van der Waals surface area contributed by atoms with E-state index in [9.17, 15) is 18.0 Å². The molecule has 0 radical (unpaired) electrons. The molecule has 0 aliphatic carbocycles. The number of rotatable bonds is 2. The van der Waals surface area contributed by atoms with Crippen LogP contribution in [0.25, 0.3) is 0 Å². The number of carbonyl (C=O) groups excluding carboxylic acids is 1. The molecule has 1 unspecified atom stereocenters. The van der Waals surface area contributed by atoms with E-state index in [-0.39, 0.29) is 12.3 Å². The van der Waals surface area contributed by atoms with Gasteiger partial charge in [-0.2, -0.15) is 13.2 Å². The predicted molar refractivity (Wildman–Crippen MR) is 62.5 cm³/mol. The van der Waals surface area contributed by atoms with Gasteiger partial charge in [0.15, 0.2) is 0 Å². The highest BCUT2D eigenvalue weighted by Crippen LogP contribution is 2.44. The van der Waals surface area contributed by atoms with Crippen LogP contribution in [0.5, 0.6) is 0 Å². The Balaban J connectivity index is 2.35. The van der Waals surface area contributed by atoms with Crippen LogP contribution in [0.2, 0.25) is 0 Å². The van der Waals surface area contributed by atoms with Gasteiger partial charge in [-0.3, -0.25) is 4.79 Å². The SMILES string of the molecule is CN1C(=O)C(C)(CCC(F)(F)F)c2ccccc21. The van der Waals surface area contributed by atoms with Crippen LogP contribution in [-0.4, -0.2) is 19.1 Å². The third-order valence-electron chi connectivity index (χ3n) is 3.54. The summed E-state index contributed by atoms with van der Waals surface area (Å²) < 4.78 is 37.1. The van der Waals surface area contributed by atoms with E-state index in [1.54, 1.807) is 38.2 Å². The normalized spacial score (nSPS) is 23.4. The molecule has 1 aromatic rings. The smallest absolute Gasteiger partial charge is 0.314 e. The minimum atomic E-state index is -4.24. The van der Waals surface area contributed by atoms with Gasteiger partial charge in [-0.25, -0.2) is 0 Å². The average Bonchev–Trinajstić information content (AvgIpc) is 2.50. The molecule has 1 aliphatic rings. The predicted octanol–water partition coefficient (Wildman–Crippen LogP) is 3.26. The Morgan fingerprint density at radius 3 is 2.50 bits per heavy atom. The second kappa shape index (κ2) is 4.00. The molecule has 2 nitrogen and oxygen atoms in total. The van der Waals surface area contributed by atoms with Crippen LogP contribution < -0.4 is 4.90 Å². The summed E-state index contributed by atoms with van der Waals surface area (Å²) in [6, 6.07) is 7.01. The molecule has 1 aliphatic heterocycles. The zero-order valence-corrected chi connectivity index (χ0v) is 10.2. The van der Waals surface area contributed by atoms with Crippen LogP contribution in [0, 0.1) is 0 Å². The molecule has 0 saturated carbocycles. The second-order valence-electron chi connectivity index (χ2n) is 4.83. The monoisotopic (exact) mass is 257 g/mol. The zero-order chi connectivity index (χ0) is 13.6. The third kappa shape index (κ3) is 1.98. The molecule has 0 fully saturated rings. The molecule has 0 aromatic heterocycles. The van der Waals surface area contributed by atoms with Gasteiger partial charge in [-0.05, 0) is 25.0 Å². The number of anilines is 1. The van der Waals surface area contributed by atoms with E-state index in [0.717, 1.165) is 0 Å². The minimum absolute atomic E-state index is 0.212. The maximum absolute atomic E-state index is 12.4. The standard InChI is InChI=1S/C13H14F3NO/c1-12(7-8-13(14,15)16)9-5-3-4-6-10(9)17(2)11(12)18/h3-6H,7-8H2,1-2H3. The van der Waals surface area contributed by atoms with E-state index in [2.05, 4.69) is 0 Å². The molecule has 2 rings (SSSR count). The maximum atomic E-state index is 12.4. The van der Waals surface area contributed by atoms with E-state index in [1.165, 1.54) is 4.90 Å². The van der Waals surface area contributed by atoms with Crippen LogP contribution in [0.4, 0.5) is 18.9 Å². The van der Waals surface area contributed by atoms with Crippen molar-refractivity contribution < 1.29 is 18.0 Å². The van der Waals surface area contributed by atoms with Crippen molar-refractivity contribution in [3.8, 4) is 0 Å². The summed E-state index contributed by atoms with van der Waals surface area (Å²) in [5.74, 6) is -0.270. The Kier molecular flexibility index (Phi) is 2.87. The Bertz CT molecular complexity index is 483. The van der Waals surface area contributed by atoms with Crippen LogP contribution in [-0.2, 0) is 10.2 Å². The van der Waals surface area contributed by atoms with Gasteiger partial charge in [0.05, 0.1) is 5.41 Å². The van der Waals surface area contributed by atoms with Gasteiger partial charge < -0.3 is 4.90 Å². The summed E-state index contributed by atoms with van der Waals surface area (Å²) in [6.45, 7) is 1.59. The van der Waals surface area contributed by atoms with Crippen molar-refractivity contribution in [3.05, 3.63) is 29.8 Å². The van der Waals surface area contributed by atoms with Crippen molar-refractivity contribution in [1.82, 2.24) is 0 Å². The van der Waals surface area contributed by atoms with Crippen LogP contribution >= 0.6 is 0 Å². The fraction of sp³-hybridized carbons (Fsp3) is 0.462. The highest BCUT2D eigenvalue weighted by atomic mass is 19.4. The summed E-state index contributed by atoms with van der Waals surface area (Å²) in [6.07, 6.45) is -5.40. The molecule has 98 valence electrons. The van der Waals surface area contributed by atoms with Crippen molar-refractivity contribution in [2.24, 2.45) is 0 Å². The number of hydrogen-bond donors (Lipinski definition) is 0. The highest BCUT2D eigenvalue weighted by Gasteiger charge is 2.47. The number of fused-ring (bicyclic) bond motifs is 1. The van der Waals surface area contributed by atoms with Crippen molar-refractivity contribution in [2.75, 3.05) is 11.9 Å². The topological polar surface area (TPSA) is 20.3 Å². The molecule has 0 spiro atoms. The number of carbonyl (C=O) groups is 1. The Morgan fingerprint density at radius 2 is 1.89 bits per heavy atom. The van der Waals surface area contributed by atoms with Crippen LogP contribution in [0.3, 0.4) is 0 Å². The zero-order valence-electron chi connectivity index (χ0n) is 10.2. The number of nitrogens with zero attached hydrogens (tertiary/aromatic N) is 1. The molecule has 18 heavy (non-hydrogen) atoms. The second-order valence-corrected chi connectivity index (χ2v) is 4.83. The summed E-state index contributed by atoms with van der Waals surface area (Å²) in [5, 5.41) is 0. The van der Waals surface area contributed by atoms with Gasteiger partial charge in [-0.1, -0.05) is 18.2 Å². The van der Waals surface area contributed by atoms with E-state index >= 15 is 0 Å². The molecular weight excluding hydrogens is 243 g/mol. The lowest BCUT2D eigenvalue weighted by Crippen LogP contribution is -2.37. The summed E-state index contributed by atoms with van der Waals surface area (Å²) in [4.78, 5) is 13.6. The Morgan fingerprint density at radius 1 is 1.28 bits per heavy atom.